The fraction of sp³-hybridized carbons (Fsp3) is 0.667. The molecule has 0 spiro atoms. The molecule has 20 heavy (non-hydrogen) atoms. The lowest BCUT2D eigenvalue weighted by molar-refractivity contribution is 0.0700. The van der Waals surface area contributed by atoms with Crippen LogP contribution in [0.5, 0.6) is 0 Å². The van der Waals surface area contributed by atoms with Gasteiger partial charge in [0.15, 0.2) is 5.76 Å². The molecule has 1 aromatic rings. The molecule has 2 atom stereocenters. The van der Waals surface area contributed by atoms with Crippen molar-refractivity contribution in [2.75, 3.05) is 27.2 Å². The molecule has 2 fully saturated rings. The van der Waals surface area contributed by atoms with Gasteiger partial charge < -0.3 is 14.1 Å². The van der Waals surface area contributed by atoms with Crippen molar-refractivity contribution in [2.24, 2.45) is 0 Å². The highest BCUT2D eigenvalue weighted by Crippen LogP contribution is 2.29. The van der Waals surface area contributed by atoms with Crippen molar-refractivity contribution >= 4 is 5.91 Å². The van der Waals surface area contributed by atoms with Crippen LogP contribution in [-0.4, -0.2) is 55.0 Å². The highest BCUT2D eigenvalue weighted by atomic mass is 16.5. The molecule has 2 bridgehead atoms. The lowest BCUT2D eigenvalue weighted by Gasteiger charge is -2.25. The Morgan fingerprint density at radius 2 is 2.15 bits per heavy atom. The molecule has 3 rings (SSSR count). The summed E-state index contributed by atoms with van der Waals surface area (Å²) in [6, 6.07) is 4.70. The van der Waals surface area contributed by atoms with E-state index < -0.39 is 0 Å². The van der Waals surface area contributed by atoms with Crippen LogP contribution in [0.1, 0.15) is 35.6 Å². The van der Waals surface area contributed by atoms with Crippen LogP contribution >= 0.6 is 0 Å². The van der Waals surface area contributed by atoms with Crippen LogP contribution in [0.3, 0.4) is 0 Å². The molecular weight excluding hydrogens is 256 g/mol. The molecule has 2 aliphatic heterocycles. The minimum atomic E-state index is 0.00769. The number of fused-ring (bicyclic) bond motifs is 2. The number of likely N-dealkylation sites (tertiary alicyclic amines) is 1. The summed E-state index contributed by atoms with van der Waals surface area (Å²) in [6.07, 6.45) is 3.52. The standard InChI is InChI=1S/C15H22N2O3/c1-16-11-3-4-12(16)9-17(8-7-11)15(18)14-6-5-13(20-14)10-19-2/h5-6,11-12H,3-4,7-10H2,1-2H3/t11-,12+/m0/s1. The molecule has 1 aromatic heterocycles. The second kappa shape index (κ2) is 5.58. The lowest BCUT2D eigenvalue weighted by atomic mass is 10.1. The Labute approximate surface area is 119 Å². The predicted octanol–water partition coefficient (Wildman–Crippen LogP) is 1.73. The van der Waals surface area contributed by atoms with Crippen molar-refractivity contribution in [3.63, 3.8) is 0 Å². The molecular formula is C15H22N2O3. The zero-order chi connectivity index (χ0) is 14.1. The third kappa shape index (κ3) is 2.47. The third-order valence-electron chi connectivity index (χ3n) is 4.59. The first kappa shape index (κ1) is 13.6. The van der Waals surface area contributed by atoms with Crippen LogP contribution in [0.4, 0.5) is 0 Å². The Kier molecular flexibility index (Phi) is 3.81. The minimum Gasteiger partial charge on any atom is -0.453 e. The van der Waals surface area contributed by atoms with Crippen LogP contribution in [0.15, 0.2) is 16.5 Å². The van der Waals surface area contributed by atoms with Crippen molar-refractivity contribution < 1.29 is 13.9 Å². The van der Waals surface area contributed by atoms with Crippen LogP contribution in [0.25, 0.3) is 0 Å². The molecule has 1 amide bonds. The first-order valence-electron chi connectivity index (χ1n) is 7.28. The quantitative estimate of drug-likeness (QED) is 0.845. The SMILES string of the molecule is COCc1ccc(C(=O)N2CC[C@@H]3CC[C@H](C2)N3C)o1. The summed E-state index contributed by atoms with van der Waals surface area (Å²) in [6.45, 7) is 2.04. The zero-order valence-electron chi connectivity index (χ0n) is 12.2. The summed E-state index contributed by atoms with van der Waals surface area (Å²) in [4.78, 5) is 16.9. The first-order valence-corrected chi connectivity index (χ1v) is 7.28. The Hall–Kier alpha value is -1.33. The van der Waals surface area contributed by atoms with Crippen molar-refractivity contribution in [3.8, 4) is 0 Å². The van der Waals surface area contributed by atoms with Crippen LogP contribution in [0.2, 0.25) is 0 Å². The van der Waals surface area contributed by atoms with Gasteiger partial charge in [-0.2, -0.15) is 0 Å². The van der Waals surface area contributed by atoms with E-state index in [-0.39, 0.29) is 5.91 Å². The van der Waals surface area contributed by atoms with E-state index in [1.54, 1.807) is 13.2 Å². The molecule has 0 unspecified atom stereocenters. The third-order valence-corrected chi connectivity index (χ3v) is 4.59. The Morgan fingerprint density at radius 1 is 1.35 bits per heavy atom. The van der Waals surface area contributed by atoms with E-state index in [0.717, 1.165) is 19.5 Å². The first-order chi connectivity index (χ1) is 9.69. The molecule has 110 valence electrons. The molecule has 0 radical (unpaired) electrons. The van der Waals surface area contributed by atoms with E-state index >= 15 is 0 Å². The number of likely N-dealkylation sites (N-methyl/N-ethyl adjacent to an activating group) is 1. The lowest BCUT2D eigenvalue weighted by Crippen LogP contribution is -2.39. The average molecular weight is 278 g/mol. The number of furan rings is 1. The van der Waals surface area contributed by atoms with Crippen LogP contribution in [-0.2, 0) is 11.3 Å². The fourth-order valence-electron chi connectivity index (χ4n) is 3.36. The zero-order valence-corrected chi connectivity index (χ0v) is 12.2. The Balaban J connectivity index is 1.70. The maximum atomic E-state index is 12.5. The molecule has 0 saturated carbocycles. The summed E-state index contributed by atoms with van der Waals surface area (Å²) < 4.78 is 10.6. The smallest absolute Gasteiger partial charge is 0.289 e. The van der Waals surface area contributed by atoms with Crippen molar-refractivity contribution in [1.29, 1.82) is 0 Å². The number of ether oxygens (including phenoxy) is 1. The molecule has 5 heteroatoms. The number of nitrogens with zero attached hydrogens (tertiary/aromatic N) is 2. The minimum absolute atomic E-state index is 0.00769. The summed E-state index contributed by atoms with van der Waals surface area (Å²) in [7, 11) is 3.80. The van der Waals surface area contributed by atoms with Gasteiger partial charge in [-0.15, -0.1) is 0 Å². The molecule has 5 nitrogen and oxygen atoms in total. The summed E-state index contributed by atoms with van der Waals surface area (Å²) in [5.41, 5.74) is 0. The van der Waals surface area contributed by atoms with E-state index in [1.165, 1.54) is 12.8 Å². The van der Waals surface area contributed by atoms with Gasteiger partial charge in [-0.25, -0.2) is 0 Å². The summed E-state index contributed by atoms with van der Waals surface area (Å²) in [5, 5.41) is 0. The number of rotatable bonds is 3. The highest BCUT2D eigenvalue weighted by Gasteiger charge is 2.36. The topological polar surface area (TPSA) is 45.9 Å². The summed E-state index contributed by atoms with van der Waals surface area (Å²) in [5.74, 6) is 1.13. The highest BCUT2D eigenvalue weighted by molar-refractivity contribution is 5.91. The number of hydrogen-bond donors (Lipinski definition) is 0. The molecule has 0 aromatic carbocycles. The van der Waals surface area contributed by atoms with E-state index in [2.05, 4.69) is 11.9 Å². The van der Waals surface area contributed by atoms with Gasteiger partial charge in [0, 0.05) is 32.3 Å². The maximum Gasteiger partial charge on any atom is 0.289 e. The Bertz CT molecular complexity index is 485. The second-order valence-corrected chi connectivity index (χ2v) is 5.79. The van der Waals surface area contributed by atoms with E-state index in [9.17, 15) is 4.79 Å². The van der Waals surface area contributed by atoms with Gasteiger partial charge >= 0.3 is 0 Å². The Morgan fingerprint density at radius 3 is 2.95 bits per heavy atom. The second-order valence-electron chi connectivity index (χ2n) is 5.79. The molecule has 0 aliphatic carbocycles. The van der Waals surface area contributed by atoms with Gasteiger partial charge in [0.1, 0.15) is 12.4 Å². The molecule has 2 aliphatic rings. The molecule has 0 N–H and O–H groups in total. The van der Waals surface area contributed by atoms with Gasteiger partial charge in [-0.1, -0.05) is 0 Å². The van der Waals surface area contributed by atoms with Crippen LogP contribution < -0.4 is 0 Å². The fourth-order valence-corrected chi connectivity index (χ4v) is 3.36. The van der Waals surface area contributed by atoms with Gasteiger partial charge in [-0.05, 0) is 38.4 Å². The van der Waals surface area contributed by atoms with E-state index in [4.69, 9.17) is 9.15 Å². The maximum absolute atomic E-state index is 12.5. The van der Waals surface area contributed by atoms with Crippen molar-refractivity contribution in [3.05, 3.63) is 23.7 Å². The predicted molar refractivity (Wildman–Crippen MR) is 74.5 cm³/mol. The van der Waals surface area contributed by atoms with Crippen LogP contribution in [0, 0.1) is 0 Å². The molecule has 2 saturated heterocycles. The monoisotopic (exact) mass is 278 g/mol. The van der Waals surface area contributed by atoms with Gasteiger partial charge in [-0.3, -0.25) is 9.69 Å². The van der Waals surface area contributed by atoms with E-state index in [0.29, 0.717) is 30.2 Å². The summed E-state index contributed by atoms with van der Waals surface area (Å²) >= 11 is 0. The number of methoxy groups -OCH3 is 1. The van der Waals surface area contributed by atoms with Gasteiger partial charge in [0.05, 0.1) is 0 Å². The normalized spacial score (nSPS) is 26.8. The van der Waals surface area contributed by atoms with Crippen molar-refractivity contribution in [2.45, 2.75) is 38.0 Å². The largest absolute Gasteiger partial charge is 0.453 e. The number of carbonyl (C=O) groups is 1. The number of amides is 1. The van der Waals surface area contributed by atoms with Gasteiger partial charge in [0.2, 0.25) is 0 Å². The number of hydrogen-bond acceptors (Lipinski definition) is 4. The van der Waals surface area contributed by atoms with Gasteiger partial charge in [0.25, 0.3) is 5.91 Å². The van der Waals surface area contributed by atoms with E-state index in [1.807, 2.05) is 11.0 Å². The van der Waals surface area contributed by atoms with Crippen molar-refractivity contribution in [1.82, 2.24) is 9.80 Å². The number of carbonyl (C=O) groups excluding carboxylic acids is 1. The average Bonchev–Trinajstić information content (AvgIpc) is 2.96. The molecule has 3 heterocycles.